The molecule has 98 valence electrons. The molecule has 0 radical (unpaired) electrons. The average molecular weight is 263 g/mol. The van der Waals surface area contributed by atoms with E-state index >= 15 is 0 Å². The molecule has 1 N–H and O–H groups in total. The summed E-state index contributed by atoms with van der Waals surface area (Å²) in [5.41, 5.74) is 3.29. The van der Waals surface area contributed by atoms with Gasteiger partial charge in [-0.15, -0.1) is 0 Å². The third-order valence-electron chi connectivity index (χ3n) is 4.22. The average Bonchev–Trinajstić information content (AvgIpc) is 3.01. The zero-order valence-corrected chi connectivity index (χ0v) is 12.2. The molecule has 18 heavy (non-hydrogen) atoms. The van der Waals surface area contributed by atoms with Gasteiger partial charge in [0.2, 0.25) is 0 Å². The van der Waals surface area contributed by atoms with E-state index in [1.165, 1.54) is 34.1 Å². The van der Waals surface area contributed by atoms with Crippen molar-refractivity contribution in [3.63, 3.8) is 0 Å². The summed E-state index contributed by atoms with van der Waals surface area (Å²) in [4.78, 5) is 12.2. The van der Waals surface area contributed by atoms with Crippen LogP contribution in [0.3, 0.4) is 0 Å². The van der Waals surface area contributed by atoms with Gasteiger partial charge >= 0.3 is 0 Å². The number of carbonyl (C=O) groups excluding carboxylic acids is 1. The minimum absolute atomic E-state index is 0.0711. The molecule has 2 nitrogen and oxygen atoms in total. The first-order valence-electron chi connectivity index (χ1n) is 6.55. The Labute approximate surface area is 110 Å². The third kappa shape index (κ3) is 2.05. The molecule has 0 unspecified atom stereocenters. The maximum atomic E-state index is 12.2. The maximum absolute atomic E-state index is 12.2. The lowest BCUT2D eigenvalue weighted by atomic mass is 10.0. The molecule has 0 atom stereocenters. The SMILES string of the molecule is Cc1ccc(C(=O)NC2(C)CS3(CC3)C2)cc1C. The fourth-order valence-corrected chi connectivity index (χ4v) is 7.30. The molecule has 2 saturated heterocycles. The van der Waals surface area contributed by atoms with Gasteiger partial charge in [-0.1, -0.05) is 6.07 Å². The van der Waals surface area contributed by atoms with E-state index in [1.807, 2.05) is 18.2 Å². The van der Waals surface area contributed by atoms with Crippen LogP contribution in [0.15, 0.2) is 18.2 Å². The lowest BCUT2D eigenvalue weighted by Crippen LogP contribution is -2.58. The fourth-order valence-electron chi connectivity index (χ4n) is 3.02. The fraction of sp³-hybridized carbons (Fsp3) is 0.533. The van der Waals surface area contributed by atoms with Gasteiger partial charge in [-0.2, -0.15) is 0 Å². The Morgan fingerprint density at radius 2 is 1.89 bits per heavy atom. The van der Waals surface area contributed by atoms with Gasteiger partial charge in [0.05, 0.1) is 5.54 Å². The Hall–Kier alpha value is -0.960. The minimum Gasteiger partial charge on any atom is -0.345 e. The molecule has 1 amide bonds. The van der Waals surface area contributed by atoms with E-state index in [0.29, 0.717) is 0 Å². The molecule has 2 fully saturated rings. The Balaban J connectivity index is 1.69. The molecule has 1 spiro atoms. The number of hydrogen-bond acceptors (Lipinski definition) is 1. The smallest absolute Gasteiger partial charge is 0.251 e. The minimum atomic E-state index is -0.197. The van der Waals surface area contributed by atoms with Gasteiger partial charge in [0.25, 0.3) is 5.91 Å². The van der Waals surface area contributed by atoms with Crippen LogP contribution in [0, 0.1) is 13.8 Å². The van der Waals surface area contributed by atoms with E-state index in [2.05, 4.69) is 26.1 Å². The van der Waals surface area contributed by atoms with Gasteiger partial charge < -0.3 is 5.32 Å². The van der Waals surface area contributed by atoms with Crippen molar-refractivity contribution in [2.45, 2.75) is 26.3 Å². The van der Waals surface area contributed by atoms with E-state index in [0.717, 1.165) is 5.56 Å². The summed E-state index contributed by atoms with van der Waals surface area (Å²) < 4.78 is 0. The number of benzene rings is 1. The molecule has 2 aliphatic rings. The van der Waals surface area contributed by atoms with Gasteiger partial charge in [0.15, 0.2) is 0 Å². The summed E-state index contributed by atoms with van der Waals surface area (Å²) in [6.07, 6.45) is 0. The van der Waals surface area contributed by atoms with E-state index in [-0.39, 0.29) is 21.5 Å². The molecule has 1 aromatic carbocycles. The number of aryl methyl sites for hydroxylation is 2. The standard InChI is InChI=1S/C15H21NOS/c1-11-4-5-13(8-12(11)2)14(17)16-15(3)9-18(10-15)6-7-18/h4-5,8H,6-7,9-10H2,1-3H3,(H,16,17). The second-order valence-electron chi connectivity index (χ2n) is 6.24. The number of carbonyl (C=O) groups is 1. The second-order valence-corrected chi connectivity index (χ2v) is 10.1. The van der Waals surface area contributed by atoms with Crippen molar-refractivity contribution in [2.75, 3.05) is 23.0 Å². The van der Waals surface area contributed by atoms with Gasteiger partial charge in [0.1, 0.15) is 0 Å². The molecule has 2 aliphatic heterocycles. The Kier molecular flexibility index (Phi) is 2.53. The van der Waals surface area contributed by atoms with Crippen LogP contribution in [0.1, 0.15) is 28.4 Å². The molecule has 2 heterocycles. The second kappa shape index (κ2) is 3.77. The van der Waals surface area contributed by atoms with Crippen LogP contribution in [0.2, 0.25) is 0 Å². The van der Waals surface area contributed by atoms with Crippen molar-refractivity contribution < 1.29 is 4.79 Å². The van der Waals surface area contributed by atoms with E-state index in [1.54, 1.807) is 0 Å². The lowest BCUT2D eigenvalue weighted by molar-refractivity contribution is 0.0918. The van der Waals surface area contributed by atoms with Crippen molar-refractivity contribution in [3.8, 4) is 0 Å². The Morgan fingerprint density at radius 3 is 2.44 bits per heavy atom. The zero-order chi connectivity index (χ0) is 13.0. The first-order chi connectivity index (χ1) is 8.41. The monoisotopic (exact) mass is 263 g/mol. The van der Waals surface area contributed by atoms with Crippen molar-refractivity contribution in [1.82, 2.24) is 5.32 Å². The topological polar surface area (TPSA) is 29.1 Å². The van der Waals surface area contributed by atoms with Crippen molar-refractivity contribution in [1.29, 1.82) is 0 Å². The summed E-state index contributed by atoms with van der Waals surface area (Å²) in [5.74, 6) is 5.48. The van der Waals surface area contributed by atoms with Gasteiger partial charge in [-0.05, 0) is 55.5 Å². The van der Waals surface area contributed by atoms with Crippen molar-refractivity contribution >= 4 is 15.9 Å². The summed E-state index contributed by atoms with van der Waals surface area (Å²) in [6, 6.07) is 5.95. The van der Waals surface area contributed by atoms with Crippen LogP contribution < -0.4 is 5.32 Å². The largest absolute Gasteiger partial charge is 0.345 e. The van der Waals surface area contributed by atoms with Gasteiger partial charge in [-0.25, -0.2) is 10.0 Å². The third-order valence-corrected chi connectivity index (χ3v) is 8.28. The zero-order valence-electron chi connectivity index (χ0n) is 11.4. The molecule has 0 bridgehead atoms. The van der Waals surface area contributed by atoms with Crippen molar-refractivity contribution in [3.05, 3.63) is 34.9 Å². The highest BCUT2D eigenvalue weighted by Crippen LogP contribution is 2.71. The van der Waals surface area contributed by atoms with Crippen LogP contribution >= 0.6 is 10.0 Å². The molecule has 1 aromatic rings. The molecule has 0 aromatic heterocycles. The summed E-state index contributed by atoms with van der Waals surface area (Å²) in [7, 11) is -0.197. The molecule has 3 rings (SSSR count). The van der Waals surface area contributed by atoms with Crippen LogP contribution in [0.4, 0.5) is 0 Å². The number of hydrogen-bond donors (Lipinski definition) is 1. The Morgan fingerprint density at radius 1 is 1.22 bits per heavy atom. The summed E-state index contributed by atoms with van der Waals surface area (Å²) >= 11 is 0. The maximum Gasteiger partial charge on any atom is 0.251 e. The summed E-state index contributed by atoms with van der Waals surface area (Å²) in [5, 5.41) is 3.23. The van der Waals surface area contributed by atoms with Crippen LogP contribution in [0.25, 0.3) is 0 Å². The van der Waals surface area contributed by atoms with Gasteiger partial charge in [-0.3, -0.25) is 4.79 Å². The number of rotatable bonds is 2. The lowest BCUT2D eigenvalue weighted by Gasteiger charge is -2.49. The highest BCUT2D eigenvalue weighted by molar-refractivity contribution is 8.40. The van der Waals surface area contributed by atoms with E-state index < -0.39 is 0 Å². The highest BCUT2D eigenvalue weighted by atomic mass is 32.3. The number of amides is 1. The molecular formula is C15H21NOS. The highest BCUT2D eigenvalue weighted by Gasteiger charge is 2.55. The molecule has 0 aliphatic carbocycles. The van der Waals surface area contributed by atoms with E-state index in [9.17, 15) is 4.79 Å². The molecular weight excluding hydrogens is 242 g/mol. The van der Waals surface area contributed by atoms with E-state index in [4.69, 9.17) is 0 Å². The molecule has 3 heteroatoms. The van der Waals surface area contributed by atoms with Crippen LogP contribution in [0.5, 0.6) is 0 Å². The van der Waals surface area contributed by atoms with Crippen molar-refractivity contribution in [2.24, 2.45) is 0 Å². The number of nitrogens with one attached hydrogen (secondary N) is 1. The predicted octanol–water partition coefficient (Wildman–Crippen LogP) is 2.62. The summed E-state index contributed by atoms with van der Waals surface area (Å²) in [6.45, 7) is 6.33. The van der Waals surface area contributed by atoms with Crippen LogP contribution in [-0.2, 0) is 0 Å². The first kappa shape index (κ1) is 12.1. The normalized spacial score (nSPS) is 24.2. The van der Waals surface area contributed by atoms with Gasteiger partial charge in [0, 0.05) is 17.1 Å². The van der Waals surface area contributed by atoms with Crippen LogP contribution in [-0.4, -0.2) is 34.5 Å². The predicted molar refractivity (Wildman–Crippen MR) is 78.8 cm³/mol. The first-order valence-corrected chi connectivity index (χ1v) is 8.86. The quantitative estimate of drug-likeness (QED) is 0.817. The Bertz CT molecular complexity index is 511. The molecule has 0 saturated carbocycles.